The molecule has 0 amide bonds. The molecule has 0 aliphatic heterocycles. The van der Waals surface area contributed by atoms with Crippen molar-refractivity contribution < 1.29 is 9.53 Å². The Hall–Kier alpha value is -2.18. The number of carbonyl (C=O) groups excluding carboxylic acids is 1. The minimum Gasteiger partial charge on any atom is -0.465 e. The van der Waals surface area contributed by atoms with Crippen molar-refractivity contribution in [2.75, 3.05) is 19.0 Å². The van der Waals surface area contributed by atoms with Gasteiger partial charge < -0.3 is 15.8 Å². The number of thiophene rings is 1. The minimum atomic E-state index is -0.341. The van der Waals surface area contributed by atoms with Crippen molar-refractivity contribution in [3.05, 3.63) is 34.8 Å². The highest BCUT2D eigenvalue weighted by molar-refractivity contribution is 7.21. The number of nitrogens with zero attached hydrogens (tertiary/aromatic N) is 1. The van der Waals surface area contributed by atoms with Crippen LogP contribution in [0.1, 0.15) is 22.3 Å². The maximum atomic E-state index is 12.1. The van der Waals surface area contributed by atoms with E-state index in [1.165, 1.54) is 18.4 Å². The molecule has 0 saturated heterocycles. The van der Waals surface area contributed by atoms with E-state index in [-0.39, 0.29) is 12.0 Å². The van der Waals surface area contributed by atoms with E-state index in [4.69, 9.17) is 10.5 Å². The highest BCUT2D eigenvalue weighted by Crippen LogP contribution is 2.40. The van der Waals surface area contributed by atoms with Gasteiger partial charge in [0.15, 0.2) is 0 Å². The maximum Gasteiger partial charge on any atom is 0.350 e. The molecule has 2 heterocycles. The number of nitrogens with two attached hydrogens (primary N) is 1. The second-order valence-corrected chi connectivity index (χ2v) is 6.67. The number of hydrogen-bond acceptors (Lipinski definition) is 6. The molecule has 5 nitrogen and oxygen atoms in total. The second-order valence-electron chi connectivity index (χ2n) is 5.61. The molecule has 23 heavy (non-hydrogen) atoms. The number of carbonyl (C=O) groups is 1. The van der Waals surface area contributed by atoms with Crippen molar-refractivity contribution in [2.45, 2.75) is 19.9 Å². The molecule has 0 saturated carbocycles. The third-order valence-electron chi connectivity index (χ3n) is 3.63. The summed E-state index contributed by atoms with van der Waals surface area (Å²) in [6.45, 7) is 4.46. The molecule has 3 rings (SSSR count). The Morgan fingerprint density at radius 3 is 2.87 bits per heavy atom. The van der Waals surface area contributed by atoms with Gasteiger partial charge in [0.2, 0.25) is 0 Å². The number of anilines is 1. The van der Waals surface area contributed by atoms with Gasteiger partial charge in [-0.2, -0.15) is 0 Å². The highest BCUT2D eigenvalue weighted by Gasteiger charge is 2.21. The van der Waals surface area contributed by atoms with Gasteiger partial charge in [-0.05, 0) is 32.0 Å². The summed E-state index contributed by atoms with van der Waals surface area (Å²) < 4.78 is 5.95. The lowest BCUT2D eigenvalue weighted by molar-refractivity contribution is 0.0607. The zero-order valence-electron chi connectivity index (χ0n) is 13.3. The van der Waals surface area contributed by atoms with Crippen molar-refractivity contribution in [3.8, 4) is 0 Å². The highest BCUT2D eigenvalue weighted by atomic mass is 32.1. The van der Waals surface area contributed by atoms with Crippen molar-refractivity contribution in [1.29, 1.82) is 0 Å². The van der Waals surface area contributed by atoms with E-state index in [2.05, 4.69) is 10.3 Å². The van der Waals surface area contributed by atoms with Crippen LogP contribution in [0.3, 0.4) is 0 Å². The molecule has 2 aromatic heterocycles. The number of fused-ring (bicyclic) bond motifs is 3. The Kier molecular flexibility index (Phi) is 4.19. The first-order chi connectivity index (χ1) is 11.0. The molecular weight excluding hydrogens is 310 g/mol. The zero-order valence-corrected chi connectivity index (χ0v) is 14.2. The SMILES string of the molecule is COC(=O)c1sc2ccc3nc(C)ccc3c2c1NC[C@@H](C)N. The van der Waals surface area contributed by atoms with E-state index in [1.807, 2.05) is 38.1 Å². The minimum absolute atomic E-state index is 0.0224. The average Bonchev–Trinajstić information content (AvgIpc) is 2.90. The van der Waals surface area contributed by atoms with Gasteiger partial charge in [-0.1, -0.05) is 6.07 Å². The molecule has 0 spiro atoms. The number of nitrogens with one attached hydrogen (secondary N) is 1. The van der Waals surface area contributed by atoms with Crippen LogP contribution in [-0.4, -0.2) is 30.6 Å². The van der Waals surface area contributed by atoms with E-state index in [9.17, 15) is 4.79 Å². The lowest BCUT2D eigenvalue weighted by atomic mass is 10.1. The molecular formula is C17H19N3O2S. The van der Waals surface area contributed by atoms with Crippen LogP contribution in [0.5, 0.6) is 0 Å². The van der Waals surface area contributed by atoms with Crippen molar-refractivity contribution in [3.63, 3.8) is 0 Å². The number of pyridine rings is 1. The molecule has 0 bridgehead atoms. The van der Waals surface area contributed by atoms with E-state index in [1.54, 1.807) is 0 Å². The summed E-state index contributed by atoms with van der Waals surface area (Å²) >= 11 is 1.42. The van der Waals surface area contributed by atoms with Gasteiger partial charge >= 0.3 is 5.97 Å². The molecule has 3 aromatic rings. The summed E-state index contributed by atoms with van der Waals surface area (Å²) in [5.41, 5.74) is 8.52. The third kappa shape index (κ3) is 2.87. The van der Waals surface area contributed by atoms with Crippen LogP contribution in [0.2, 0.25) is 0 Å². The Morgan fingerprint density at radius 1 is 1.39 bits per heavy atom. The van der Waals surface area contributed by atoms with Crippen molar-refractivity contribution >= 4 is 44.0 Å². The number of aromatic nitrogens is 1. The van der Waals surface area contributed by atoms with E-state index in [0.29, 0.717) is 11.4 Å². The summed E-state index contributed by atoms with van der Waals surface area (Å²) in [7, 11) is 1.39. The van der Waals surface area contributed by atoms with Crippen LogP contribution in [0.15, 0.2) is 24.3 Å². The fourth-order valence-corrected chi connectivity index (χ4v) is 3.68. The normalized spacial score (nSPS) is 12.5. The van der Waals surface area contributed by atoms with Gasteiger partial charge in [0.1, 0.15) is 4.88 Å². The van der Waals surface area contributed by atoms with Gasteiger partial charge in [0, 0.05) is 33.8 Å². The first kappa shape index (κ1) is 15.7. The number of benzene rings is 1. The quantitative estimate of drug-likeness (QED) is 0.718. The van der Waals surface area contributed by atoms with Crippen molar-refractivity contribution in [2.24, 2.45) is 5.73 Å². The van der Waals surface area contributed by atoms with Gasteiger partial charge in [0.25, 0.3) is 0 Å². The molecule has 0 aliphatic rings. The van der Waals surface area contributed by atoms with E-state index >= 15 is 0 Å². The summed E-state index contributed by atoms with van der Waals surface area (Å²) in [5, 5.41) is 5.34. The molecule has 0 radical (unpaired) electrons. The average molecular weight is 329 g/mol. The molecule has 3 N–H and O–H groups in total. The van der Waals surface area contributed by atoms with Gasteiger partial charge in [-0.15, -0.1) is 11.3 Å². The van der Waals surface area contributed by atoms with Crippen LogP contribution in [0.25, 0.3) is 21.0 Å². The number of rotatable bonds is 4. The van der Waals surface area contributed by atoms with Crippen LogP contribution >= 0.6 is 11.3 Å². The van der Waals surface area contributed by atoms with Crippen LogP contribution in [0, 0.1) is 6.92 Å². The Bertz CT molecular complexity index is 886. The Labute approximate surface area is 138 Å². The van der Waals surface area contributed by atoms with E-state index in [0.717, 1.165) is 32.4 Å². The third-order valence-corrected chi connectivity index (χ3v) is 4.77. The van der Waals surface area contributed by atoms with Gasteiger partial charge in [-0.25, -0.2) is 4.79 Å². The summed E-state index contributed by atoms with van der Waals surface area (Å²) in [4.78, 5) is 17.3. The number of aryl methyl sites for hydroxylation is 1. The lowest BCUT2D eigenvalue weighted by Crippen LogP contribution is -2.25. The molecule has 120 valence electrons. The molecule has 1 aromatic carbocycles. The topological polar surface area (TPSA) is 77.2 Å². The predicted octanol–water partition coefficient (Wildman–Crippen LogP) is 3.30. The number of ether oxygens (including phenoxy) is 1. The molecule has 0 aliphatic carbocycles. The smallest absolute Gasteiger partial charge is 0.350 e. The molecule has 0 fully saturated rings. The van der Waals surface area contributed by atoms with Crippen LogP contribution < -0.4 is 11.1 Å². The monoisotopic (exact) mass is 329 g/mol. The Morgan fingerprint density at radius 2 is 2.17 bits per heavy atom. The van der Waals surface area contributed by atoms with Crippen molar-refractivity contribution in [1.82, 2.24) is 4.98 Å². The van der Waals surface area contributed by atoms with Crippen LogP contribution in [0.4, 0.5) is 5.69 Å². The fraction of sp³-hybridized carbons (Fsp3) is 0.294. The molecule has 0 unspecified atom stereocenters. The summed E-state index contributed by atoms with van der Waals surface area (Å²) in [5.74, 6) is -0.341. The fourth-order valence-electron chi connectivity index (χ4n) is 2.57. The lowest BCUT2D eigenvalue weighted by Gasteiger charge is -2.11. The first-order valence-electron chi connectivity index (χ1n) is 7.42. The van der Waals surface area contributed by atoms with Crippen LogP contribution in [-0.2, 0) is 4.74 Å². The standard InChI is InChI=1S/C17H19N3O2S/c1-9(18)8-19-15-14-11-5-4-10(2)20-12(11)6-7-13(14)23-16(15)17(21)22-3/h4-7,9,19H,8,18H2,1-3H3/t9-/m1/s1. The maximum absolute atomic E-state index is 12.1. The molecule has 1 atom stereocenters. The van der Waals surface area contributed by atoms with E-state index < -0.39 is 0 Å². The van der Waals surface area contributed by atoms with Gasteiger partial charge in [-0.3, -0.25) is 4.98 Å². The summed E-state index contributed by atoms with van der Waals surface area (Å²) in [6.07, 6.45) is 0. The predicted molar refractivity (Wildman–Crippen MR) is 95.3 cm³/mol. The van der Waals surface area contributed by atoms with Gasteiger partial charge in [0.05, 0.1) is 18.3 Å². The number of methoxy groups -OCH3 is 1. The summed E-state index contributed by atoms with van der Waals surface area (Å²) in [6, 6.07) is 7.98. The second kappa shape index (κ2) is 6.14. The number of esters is 1. The first-order valence-corrected chi connectivity index (χ1v) is 8.23. The number of hydrogen-bond donors (Lipinski definition) is 2. The Balaban J connectivity index is 2.29. The largest absolute Gasteiger partial charge is 0.465 e. The molecule has 6 heteroatoms. The zero-order chi connectivity index (χ0) is 16.6.